The molecule has 0 aliphatic heterocycles. The molecule has 0 spiro atoms. The molecule has 6 heteroatoms. The molecule has 2 N–H and O–H groups in total. The molecule has 0 radical (unpaired) electrons. The van der Waals surface area contributed by atoms with Gasteiger partial charge in [0.1, 0.15) is 17.5 Å². The maximum atomic E-state index is 13.4. The first-order valence-corrected chi connectivity index (χ1v) is 17.4. The molecule has 0 aromatic rings. The summed E-state index contributed by atoms with van der Waals surface area (Å²) in [5.74, 6) is -1.01. The van der Waals surface area contributed by atoms with Crippen LogP contribution in [0.3, 0.4) is 0 Å². The van der Waals surface area contributed by atoms with Crippen LogP contribution in [0.1, 0.15) is 114 Å². The number of ether oxygens (including phenoxy) is 1. The fourth-order valence-corrected chi connectivity index (χ4v) is 8.72. The highest BCUT2D eigenvalue weighted by atomic mass is 16.5. The zero-order chi connectivity index (χ0) is 33.7. The summed E-state index contributed by atoms with van der Waals surface area (Å²) in [5, 5.41) is 22.1. The number of hydrogen-bond acceptors (Lipinski definition) is 6. The molecule has 3 rings (SSSR count). The van der Waals surface area contributed by atoms with E-state index in [2.05, 4.69) is 40.7 Å². The SMILES string of the molecule is CCCCCCCC(C)C(C)/C=C/C=C/C(=O)O[C@@H]1[C@@H](C)C2C3C=C(C)C(=O)[C@@]3(O)CC(CO)=C[C@H]2C(C)(C)[C@]1(C)CC(C)=O. The Labute approximate surface area is 272 Å². The first-order valence-electron chi connectivity index (χ1n) is 17.4. The third kappa shape index (κ3) is 7.64. The van der Waals surface area contributed by atoms with Crippen molar-refractivity contribution in [1.82, 2.24) is 0 Å². The van der Waals surface area contributed by atoms with Crippen molar-refractivity contribution in [2.45, 2.75) is 125 Å². The predicted octanol–water partition coefficient (Wildman–Crippen LogP) is 7.74. The molecule has 1 saturated carbocycles. The van der Waals surface area contributed by atoms with Crippen LogP contribution in [0.25, 0.3) is 0 Å². The first kappa shape index (κ1) is 37.2. The van der Waals surface area contributed by atoms with Crippen LogP contribution in [0.4, 0.5) is 0 Å². The molecule has 4 unspecified atom stereocenters. The molecule has 9 atom stereocenters. The molecule has 3 aliphatic carbocycles. The van der Waals surface area contributed by atoms with Gasteiger partial charge in [-0.15, -0.1) is 0 Å². The number of rotatable bonds is 14. The van der Waals surface area contributed by atoms with Crippen molar-refractivity contribution in [3.8, 4) is 0 Å². The smallest absolute Gasteiger partial charge is 0.331 e. The Kier molecular flexibility index (Phi) is 12.4. The minimum absolute atomic E-state index is 0.00694. The summed E-state index contributed by atoms with van der Waals surface area (Å²) >= 11 is 0. The predicted molar refractivity (Wildman–Crippen MR) is 180 cm³/mol. The highest BCUT2D eigenvalue weighted by Gasteiger charge is 2.66. The molecule has 3 aliphatic rings. The average Bonchev–Trinajstić information content (AvgIpc) is 3.10. The van der Waals surface area contributed by atoms with Gasteiger partial charge in [-0.05, 0) is 60.0 Å². The van der Waals surface area contributed by atoms with Gasteiger partial charge in [0.2, 0.25) is 0 Å². The minimum Gasteiger partial charge on any atom is -0.458 e. The van der Waals surface area contributed by atoms with E-state index in [1.54, 1.807) is 19.9 Å². The van der Waals surface area contributed by atoms with Crippen LogP contribution in [0.2, 0.25) is 0 Å². The summed E-state index contributed by atoms with van der Waals surface area (Å²) in [7, 11) is 0. The highest BCUT2D eigenvalue weighted by Crippen LogP contribution is 2.64. The fourth-order valence-electron chi connectivity index (χ4n) is 8.72. The van der Waals surface area contributed by atoms with Crippen molar-refractivity contribution < 1.29 is 29.3 Å². The molecular weight excluding hydrogens is 564 g/mol. The summed E-state index contributed by atoms with van der Waals surface area (Å²) in [6.07, 6.45) is 18.4. The maximum absolute atomic E-state index is 13.4. The molecule has 1 fully saturated rings. The van der Waals surface area contributed by atoms with Crippen molar-refractivity contribution in [1.29, 1.82) is 0 Å². The number of Topliss-reactive ketones (excluding diaryl/α,β-unsaturated/α-hetero) is 2. The molecule has 0 bridgehead atoms. The number of allylic oxidation sites excluding steroid dienone is 4. The molecule has 0 amide bonds. The molecule has 0 aromatic heterocycles. The van der Waals surface area contributed by atoms with Crippen LogP contribution < -0.4 is 0 Å². The Balaban J connectivity index is 1.87. The topological polar surface area (TPSA) is 101 Å². The zero-order valence-electron chi connectivity index (χ0n) is 29.4. The molecule has 6 nitrogen and oxygen atoms in total. The Morgan fingerprint density at radius 3 is 2.36 bits per heavy atom. The van der Waals surface area contributed by atoms with Crippen molar-refractivity contribution >= 4 is 17.5 Å². The second kappa shape index (κ2) is 15.1. The van der Waals surface area contributed by atoms with Gasteiger partial charge in [0, 0.05) is 30.3 Å². The average molecular weight is 625 g/mol. The second-order valence-corrected chi connectivity index (χ2v) is 15.4. The zero-order valence-corrected chi connectivity index (χ0v) is 29.4. The number of carbonyl (C=O) groups excluding carboxylic acids is 3. The van der Waals surface area contributed by atoms with E-state index >= 15 is 0 Å². The minimum atomic E-state index is -1.65. The van der Waals surface area contributed by atoms with E-state index in [0.29, 0.717) is 23.0 Å². The highest BCUT2D eigenvalue weighted by molar-refractivity contribution is 6.04. The number of ketones is 2. The summed E-state index contributed by atoms with van der Waals surface area (Å²) in [5.41, 5.74) is -1.82. The Bertz CT molecular complexity index is 1210. The first-order chi connectivity index (χ1) is 21.0. The van der Waals surface area contributed by atoms with Crippen molar-refractivity contribution in [2.24, 2.45) is 46.3 Å². The van der Waals surface area contributed by atoms with Gasteiger partial charge < -0.3 is 19.7 Å². The van der Waals surface area contributed by atoms with Gasteiger partial charge in [0.15, 0.2) is 5.78 Å². The second-order valence-electron chi connectivity index (χ2n) is 15.4. The van der Waals surface area contributed by atoms with Crippen molar-refractivity contribution in [2.75, 3.05) is 6.61 Å². The fraction of sp³-hybridized carbons (Fsp3) is 0.718. The number of fused-ring (bicyclic) bond motifs is 3. The largest absolute Gasteiger partial charge is 0.458 e. The van der Waals surface area contributed by atoms with Crippen molar-refractivity contribution in [3.63, 3.8) is 0 Å². The molecule has 45 heavy (non-hydrogen) atoms. The summed E-state index contributed by atoms with van der Waals surface area (Å²) in [6, 6.07) is 0. The Morgan fingerprint density at radius 1 is 1.07 bits per heavy atom. The van der Waals surface area contributed by atoms with Gasteiger partial charge in [-0.25, -0.2) is 4.79 Å². The van der Waals surface area contributed by atoms with E-state index < -0.39 is 34.4 Å². The van der Waals surface area contributed by atoms with E-state index in [9.17, 15) is 24.6 Å². The van der Waals surface area contributed by atoms with Gasteiger partial charge in [-0.1, -0.05) is 117 Å². The summed E-state index contributed by atoms with van der Waals surface area (Å²) in [6.45, 7) is 18.0. The lowest BCUT2D eigenvalue weighted by atomic mass is 9.44. The summed E-state index contributed by atoms with van der Waals surface area (Å²) in [4.78, 5) is 39.4. The van der Waals surface area contributed by atoms with E-state index in [-0.39, 0.29) is 48.8 Å². The monoisotopic (exact) mass is 624 g/mol. The lowest BCUT2D eigenvalue weighted by molar-refractivity contribution is -0.204. The molecule has 0 heterocycles. The number of hydrogen-bond donors (Lipinski definition) is 2. The van der Waals surface area contributed by atoms with Gasteiger partial charge >= 0.3 is 5.97 Å². The number of aliphatic hydroxyl groups excluding tert-OH is 1. The van der Waals surface area contributed by atoms with E-state index in [4.69, 9.17) is 4.74 Å². The normalized spacial score (nSPS) is 34.1. The van der Waals surface area contributed by atoms with Gasteiger partial charge in [-0.2, -0.15) is 0 Å². The van der Waals surface area contributed by atoms with Crippen LogP contribution in [-0.4, -0.2) is 46.1 Å². The maximum Gasteiger partial charge on any atom is 0.331 e. The van der Waals surface area contributed by atoms with Crippen molar-refractivity contribution in [3.05, 3.63) is 47.6 Å². The third-order valence-electron chi connectivity index (χ3n) is 12.0. The van der Waals surface area contributed by atoms with E-state index in [1.807, 2.05) is 32.1 Å². The molecular formula is C39H60O6. The van der Waals surface area contributed by atoms with Gasteiger partial charge in [0.25, 0.3) is 0 Å². The molecule has 0 saturated heterocycles. The number of aliphatic hydroxyl groups is 2. The quantitative estimate of drug-likeness (QED) is 0.0674. The van der Waals surface area contributed by atoms with Gasteiger partial charge in [-0.3, -0.25) is 4.79 Å². The lowest BCUT2D eigenvalue weighted by Crippen LogP contribution is -2.63. The number of unbranched alkanes of at least 4 members (excludes halogenated alkanes) is 4. The van der Waals surface area contributed by atoms with Crippen LogP contribution >= 0.6 is 0 Å². The lowest BCUT2D eigenvalue weighted by Gasteiger charge is -2.61. The summed E-state index contributed by atoms with van der Waals surface area (Å²) < 4.78 is 6.30. The van der Waals surface area contributed by atoms with Crippen LogP contribution in [-0.2, 0) is 19.1 Å². The number of esters is 1. The van der Waals surface area contributed by atoms with Crippen LogP contribution in [0, 0.1) is 46.3 Å². The van der Waals surface area contributed by atoms with Gasteiger partial charge in [0.05, 0.1) is 6.61 Å². The number of carbonyl (C=O) groups is 3. The van der Waals surface area contributed by atoms with Crippen LogP contribution in [0.15, 0.2) is 47.6 Å². The third-order valence-corrected chi connectivity index (χ3v) is 12.0. The molecule has 252 valence electrons. The van der Waals surface area contributed by atoms with Crippen LogP contribution in [0.5, 0.6) is 0 Å². The standard InChI is InChI=1S/C39H60O6/c1-10-11-12-13-14-17-25(2)26(3)18-15-16-19-33(42)45-36-29(6)34-31(37(7,8)38(36,9)22-28(5)41)21-30(24-40)23-39(44)32(34)20-27(4)35(39)43/h15-16,18-21,25-26,29,31-32,34,36,40,44H,10-14,17,22-24H2,1-9H3/b18-15+,19-16+/t25?,26?,29-,31+,32?,34?,36+,38+,39+/m0/s1. The van der Waals surface area contributed by atoms with E-state index in [1.165, 1.54) is 44.6 Å². The Morgan fingerprint density at radius 2 is 1.73 bits per heavy atom. The Hall–Kier alpha value is -2.31. The van der Waals surface area contributed by atoms with E-state index in [0.717, 1.165) is 0 Å². The molecule has 0 aromatic carbocycles.